The molecule has 1 N–H and O–H groups in total. The third-order valence-electron chi connectivity index (χ3n) is 4.16. The molecular weight excluding hydrogens is 220 g/mol. The van der Waals surface area contributed by atoms with Crippen LogP contribution in [0.5, 0.6) is 0 Å². The maximum Gasteiger partial charge on any atom is 0.258 e. The first kappa shape index (κ1) is 11.2. The number of amides is 2. The molecule has 3 rings (SSSR count). The van der Waals surface area contributed by atoms with Crippen LogP contribution in [0.4, 0.5) is 0 Å². The minimum Gasteiger partial charge on any atom is -0.355 e. The van der Waals surface area contributed by atoms with E-state index in [1.54, 1.807) is 0 Å². The van der Waals surface area contributed by atoms with Crippen LogP contribution in [0.2, 0.25) is 0 Å². The third kappa shape index (κ3) is 1.68. The molecule has 4 atom stereocenters. The molecule has 17 heavy (non-hydrogen) atoms. The Morgan fingerprint density at radius 3 is 2.41 bits per heavy atom. The summed E-state index contributed by atoms with van der Waals surface area (Å²) in [5.41, 5.74) is 0. The van der Waals surface area contributed by atoms with Crippen LogP contribution in [0.3, 0.4) is 0 Å². The van der Waals surface area contributed by atoms with Gasteiger partial charge in [-0.3, -0.25) is 14.5 Å². The van der Waals surface area contributed by atoms with E-state index in [-0.39, 0.29) is 30.1 Å². The quantitative estimate of drug-likeness (QED) is 0.648. The predicted molar refractivity (Wildman–Crippen MR) is 60.2 cm³/mol. The molecule has 0 saturated carbocycles. The fraction of sp³-hybridized carbons (Fsp3) is 0.833. The van der Waals surface area contributed by atoms with Gasteiger partial charge >= 0.3 is 0 Å². The van der Waals surface area contributed by atoms with Crippen molar-refractivity contribution >= 4 is 11.8 Å². The summed E-state index contributed by atoms with van der Waals surface area (Å²) in [6.07, 6.45) is 1.66. The van der Waals surface area contributed by atoms with E-state index in [1.165, 1.54) is 4.90 Å². The summed E-state index contributed by atoms with van der Waals surface area (Å²) in [7, 11) is 0. The summed E-state index contributed by atoms with van der Waals surface area (Å²) in [6.45, 7) is 3.80. The highest BCUT2D eigenvalue weighted by Gasteiger charge is 2.49. The van der Waals surface area contributed by atoms with Crippen LogP contribution in [0.25, 0.3) is 0 Å². The van der Waals surface area contributed by atoms with Crippen LogP contribution in [0, 0.1) is 5.92 Å². The predicted octanol–water partition coefficient (Wildman–Crippen LogP) is -0.0992. The highest BCUT2D eigenvalue weighted by Crippen LogP contribution is 2.31. The molecule has 3 heterocycles. The van der Waals surface area contributed by atoms with Gasteiger partial charge in [-0.2, -0.15) is 0 Å². The molecule has 0 aromatic carbocycles. The van der Waals surface area contributed by atoms with Crippen molar-refractivity contribution in [3.63, 3.8) is 0 Å². The first-order valence-electron chi connectivity index (χ1n) is 6.41. The summed E-state index contributed by atoms with van der Waals surface area (Å²) >= 11 is 0. The molecule has 0 spiro atoms. The number of imide groups is 1. The zero-order chi connectivity index (χ0) is 12.0. The molecule has 0 aromatic rings. The topological polar surface area (TPSA) is 58.6 Å². The highest BCUT2D eigenvalue weighted by atomic mass is 16.5. The summed E-state index contributed by atoms with van der Waals surface area (Å²) in [4.78, 5) is 25.9. The van der Waals surface area contributed by atoms with Crippen molar-refractivity contribution in [2.45, 2.75) is 44.4 Å². The second-order valence-corrected chi connectivity index (χ2v) is 5.27. The number of piperidine rings is 1. The summed E-state index contributed by atoms with van der Waals surface area (Å²) < 4.78 is 5.42. The van der Waals surface area contributed by atoms with Crippen molar-refractivity contribution in [2.24, 2.45) is 5.92 Å². The number of hydrogen-bond donors (Lipinski definition) is 1. The fourth-order valence-electron chi connectivity index (χ4n) is 3.07. The number of fused-ring (bicyclic) bond motifs is 2. The van der Waals surface area contributed by atoms with Gasteiger partial charge in [-0.15, -0.1) is 0 Å². The first-order valence-corrected chi connectivity index (χ1v) is 6.41. The molecule has 3 saturated heterocycles. The normalized spacial score (nSPS) is 42.1. The Labute approximate surface area is 100 Å². The van der Waals surface area contributed by atoms with E-state index in [0.717, 1.165) is 19.5 Å². The smallest absolute Gasteiger partial charge is 0.258 e. The van der Waals surface area contributed by atoms with Gasteiger partial charge in [0.2, 0.25) is 0 Å². The van der Waals surface area contributed by atoms with Gasteiger partial charge in [0.25, 0.3) is 11.8 Å². The van der Waals surface area contributed by atoms with Gasteiger partial charge in [-0.1, -0.05) is 6.92 Å². The maximum atomic E-state index is 12.2. The number of hydrogen-bond acceptors (Lipinski definition) is 4. The van der Waals surface area contributed by atoms with Gasteiger partial charge in [-0.05, 0) is 31.7 Å². The van der Waals surface area contributed by atoms with Crippen LogP contribution >= 0.6 is 0 Å². The van der Waals surface area contributed by atoms with E-state index in [1.807, 2.05) is 0 Å². The second kappa shape index (κ2) is 4.07. The summed E-state index contributed by atoms with van der Waals surface area (Å²) in [5, 5.41) is 3.27. The Hall–Kier alpha value is -0.940. The van der Waals surface area contributed by atoms with Gasteiger partial charge in [0.05, 0.1) is 6.04 Å². The van der Waals surface area contributed by atoms with Gasteiger partial charge in [0, 0.05) is 6.54 Å². The number of carbonyl (C=O) groups excluding carboxylic acids is 2. The van der Waals surface area contributed by atoms with Crippen LogP contribution in [0.1, 0.15) is 26.2 Å². The lowest BCUT2D eigenvalue weighted by Gasteiger charge is -2.41. The summed E-state index contributed by atoms with van der Waals surface area (Å²) in [5.74, 6) is 0.134. The highest BCUT2D eigenvalue weighted by molar-refractivity contribution is 6.02. The average molecular weight is 238 g/mol. The van der Waals surface area contributed by atoms with E-state index in [2.05, 4.69) is 12.2 Å². The molecule has 0 aliphatic carbocycles. The van der Waals surface area contributed by atoms with E-state index in [9.17, 15) is 9.59 Å². The number of ether oxygens (including phenoxy) is 1. The molecule has 4 unspecified atom stereocenters. The lowest BCUT2D eigenvalue weighted by molar-refractivity contribution is -0.173. The Morgan fingerprint density at radius 1 is 1.18 bits per heavy atom. The fourth-order valence-corrected chi connectivity index (χ4v) is 3.07. The maximum absolute atomic E-state index is 12.2. The molecular formula is C12H18N2O3. The van der Waals surface area contributed by atoms with Crippen molar-refractivity contribution in [2.75, 3.05) is 13.1 Å². The standard InChI is InChI=1S/C12H18N2O3/c1-7-4-5-13-6-8(7)14-11(15)9-2-3-10(17-9)12(14)16/h7-10,13H,2-6H2,1H3. The van der Waals surface area contributed by atoms with Crippen LogP contribution in [-0.2, 0) is 14.3 Å². The average Bonchev–Trinajstić information content (AvgIpc) is 2.76. The van der Waals surface area contributed by atoms with E-state index in [4.69, 9.17) is 4.74 Å². The number of rotatable bonds is 1. The molecule has 5 heteroatoms. The van der Waals surface area contributed by atoms with Crippen molar-refractivity contribution in [1.82, 2.24) is 10.2 Å². The zero-order valence-electron chi connectivity index (χ0n) is 10.0. The molecule has 3 aliphatic rings. The minimum absolute atomic E-state index is 0.00995. The molecule has 2 bridgehead atoms. The Balaban J connectivity index is 1.85. The SMILES string of the molecule is CC1CCNCC1N1C(=O)C2CCC(O2)C1=O. The monoisotopic (exact) mass is 238 g/mol. The Kier molecular flexibility index (Phi) is 2.67. The number of likely N-dealkylation sites (tertiary alicyclic amines) is 1. The van der Waals surface area contributed by atoms with Crippen molar-refractivity contribution < 1.29 is 14.3 Å². The van der Waals surface area contributed by atoms with Crippen LogP contribution in [0.15, 0.2) is 0 Å². The van der Waals surface area contributed by atoms with Crippen molar-refractivity contribution in [1.29, 1.82) is 0 Å². The van der Waals surface area contributed by atoms with E-state index < -0.39 is 0 Å². The molecule has 5 nitrogen and oxygen atoms in total. The summed E-state index contributed by atoms with van der Waals surface area (Å²) in [6, 6.07) is 0.00995. The number of nitrogens with one attached hydrogen (secondary N) is 1. The van der Waals surface area contributed by atoms with Gasteiger partial charge in [0.1, 0.15) is 12.2 Å². The number of morpholine rings is 1. The van der Waals surface area contributed by atoms with Gasteiger partial charge < -0.3 is 10.1 Å². The molecule has 94 valence electrons. The Morgan fingerprint density at radius 2 is 1.82 bits per heavy atom. The molecule has 0 aromatic heterocycles. The number of nitrogens with zero attached hydrogens (tertiary/aromatic N) is 1. The van der Waals surface area contributed by atoms with E-state index >= 15 is 0 Å². The van der Waals surface area contributed by atoms with Gasteiger partial charge in [-0.25, -0.2) is 0 Å². The molecule has 0 radical (unpaired) electrons. The van der Waals surface area contributed by atoms with Gasteiger partial charge in [0.15, 0.2) is 0 Å². The molecule has 3 aliphatic heterocycles. The molecule has 3 fully saturated rings. The lowest BCUT2D eigenvalue weighted by atomic mass is 9.92. The first-order chi connectivity index (χ1) is 8.18. The zero-order valence-corrected chi connectivity index (χ0v) is 10.0. The van der Waals surface area contributed by atoms with Crippen LogP contribution < -0.4 is 5.32 Å². The van der Waals surface area contributed by atoms with Crippen molar-refractivity contribution in [3.05, 3.63) is 0 Å². The largest absolute Gasteiger partial charge is 0.355 e. The number of carbonyl (C=O) groups is 2. The van der Waals surface area contributed by atoms with E-state index in [0.29, 0.717) is 18.8 Å². The minimum atomic E-state index is -0.369. The third-order valence-corrected chi connectivity index (χ3v) is 4.16. The van der Waals surface area contributed by atoms with Crippen LogP contribution in [-0.4, -0.2) is 48.1 Å². The Bertz CT molecular complexity index is 336. The molecule has 2 amide bonds. The van der Waals surface area contributed by atoms with Crippen molar-refractivity contribution in [3.8, 4) is 0 Å². The second-order valence-electron chi connectivity index (χ2n) is 5.27. The lowest BCUT2D eigenvalue weighted by Crippen LogP contribution is -2.61.